The second kappa shape index (κ2) is 16.4. The lowest BCUT2D eigenvalue weighted by atomic mass is 9.96. The molecule has 1 atom stereocenters. The number of nitrogens with zero attached hydrogens (tertiary/aromatic N) is 1. The quantitative estimate of drug-likeness (QED) is 0.205. The second-order valence-corrected chi connectivity index (χ2v) is 7.48. The molecule has 0 aliphatic carbocycles. The van der Waals surface area contributed by atoms with Crippen molar-refractivity contribution in [3.8, 4) is 0 Å². The smallest absolute Gasteiger partial charge is 0.0472 e. The van der Waals surface area contributed by atoms with E-state index in [1.54, 1.807) is 0 Å². The first-order valence-corrected chi connectivity index (χ1v) is 10.9. The van der Waals surface area contributed by atoms with Crippen molar-refractivity contribution in [3.63, 3.8) is 0 Å². The highest BCUT2D eigenvalue weighted by molar-refractivity contribution is 5.14. The normalized spacial score (nSPS) is 12.2. The van der Waals surface area contributed by atoms with Gasteiger partial charge in [0.2, 0.25) is 0 Å². The first-order chi connectivity index (χ1) is 12.4. The number of unbranched alkanes of at least 4 members (excludes halogenated alkanes) is 13. The highest BCUT2D eigenvalue weighted by atomic mass is 14.7. The summed E-state index contributed by atoms with van der Waals surface area (Å²) >= 11 is 0. The number of pyridine rings is 1. The fraction of sp³-hybridized carbons (Fsp3) is 0.708. The largest absolute Gasteiger partial charge is 0.261 e. The van der Waals surface area contributed by atoms with Gasteiger partial charge in [-0.05, 0) is 18.6 Å². The first kappa shape index (κ1) is 21.9. The average molecular weight is 344 g/mol. The summed E-state index contributed by atoms with van der Waals surface area (Å²) in [6, 6.07) is 6.18. The maximum absolute atomic E-state index is 4.46. The Hall–Kier alpha value is -1.11. The number of hydrogen-bond acceptors (Lipinski definition) is 1. The molecule has 0 amide bonds. The minimum atomic E-state index is 0.429. The van der Waals surface area contributed by atoms with Crippen LogP contribution < -0.4 is 0 Å². The van der Waals surface area contributed by atoms with Crippen LogP contribution in [0.3, 0.4) is 0 Å². The van der Waals surface area contributed by atoms with Crippen molar-refractivity contribution in [1.82, 2.24) is 4.98 Å². The molecule has 0 aliphatic rings. The molecule has 1 heteroatoms. The Morgan fingerprint density at radius 1 is 0.800 bits per heavy atom. The molecule has 0 bridgehead atoms. The van der Waals surface area contributed by atoms with E-state index >= 15 is 0 Å². The van der Waals surface area contributed by atoms with Crippen LogP contribution in [0, 0.1) is 0 Å². The van der Waals surface area contributed by atoms with Gasteiger partial charge in [0, 0.05) is 17.8 Å². The molecule has 1 nitrogen and oxygen atoms in total. The number of rotatable bonds is 17. The molecule has 1 aromatic heterocycles. The summed E-state index contributed by atoms with van der Waals surface area (Å²) in [7, 11) is 0. The van der Waals surface area contributed by atoms with E-state index in [4.69, 9.17) is 0 Å². The number of hydrogen-bond donors (Lipinski definition) is 0. The van der Waals surface area contributed by atoms with Crippen LogP contribution >= 0.6 is 0 Å². The third-order valence-corrected chi connectivity index (χ3v) is 5.22. The Labute approximate surface area is 157 Å². The minimum Gasteiger partial charge on any atom is -0.261 e. The van der Waals surface area contributed by atoms with Crippen molar-refractivity contribution >= 4 is 0 Å². The van der Waals surface area contributed by atoms with Crippen molar-refractivity contribution in [1.29, 1.82) is 0 Å². The molecular formula is C24H41N. The van der Waals surface area contributed by atoms with E-state index in [0.29, 0.717) is 5.92 Å². The summed E-state index contributed by atoms with van der Waals surface area (Å²) in [6.07, 6.45) is 25.0. The van der Waals surface area contributed by atoms with E-state index in [1.807, 2.05) is 12.3 Å². The Balaban J connectivity index is 1.86. The van der Waals surface area contributed by atoms with Gasteiger partial charge in [-0.2, -0.15) is 0 Å². The van der Waals surface area contributed by atoms with Gasteiger partial charge in [0.05, 0.1) is 0 Å². The van der Waals surface area contributed by atoms with Gasteiger partial charge in [-0.15, -0.1) is 6.58 Å². The van der Waals surface area contributed by atoms with Gasteiger partial charge in [0.15, 0.2) is 0 Å². The Morgan fingerprint density at radius 3 is 1.76 bits per heavy atom. The zero-order chi connectivity index (χ0) is 18.0. The molecule has 142 valence electrons. The van der Waals surface area contributed by atoms with E-state index in [9.17, 15) is 0 Å². The fourth-order valence-electron chi connectivity index (χ4n) is 3.54. The van der Waals surface area contributed by atoms with Crippen molar-refractivity contribution in [2.24, 2.45) is 0 Å². The van der Waals surface area contributed by atoms with Gasteiger partial charge >= 0.3 is 0 Å². The zero-order valence-corrected chi connectivity index (χ0v) is 16.7. The molecule has 0 radical (unpaired) electrons. The lowest BCUT2D eigenvalue weighted by molar-refractivity contribution is 0.528. The third kappa shape index (κ3) is 12.0. The minimum absolute atomic E-state index is 0.429. The Bertz CT molecular complexity index is 398. The van der Waals surface area contributed by atoms with Crippen LogP contribution in [0.25, 0.3) is 0 Å². The summed E-state index contributed by atoms with van der Waals surface area (Å²) in [4.78, 5) is 4.46. The van der Waals surface area contributed by atoms with Crippen molar-refractivity contribution in [3.05, 3.63) is 42.7 Å². The third-order valence-electron chi connectivity index (χ3n) is 5.22. The molecule has 0 saturated heterocycles. The van der Waals surface area contributed by atoms with Gasteiger partial charge in [-0.3, -0.25) is 4.98 Å². The molecule has 1 heterocycles. The van der Waals surface area contributed by atoms with Gasteiger partial charge in [0.1, 0.15) is 0 Å². The lowest BCUT2D eigenvalue weighted by Gasteiger charge is -2.11. The molecule has 0 aliphatic heterocycles. The Kier molecular flexibility index (Phi) is 14.4. The molecule has 0 saturated carbocycles. The maximum Gasteiger partial charge on any atom is 0.0472 e. The van der Waals surface area contributed by atoms with Crippen molar-refractivity contribution in [2.75, 3.05) is 0 Å². The van der Waals surface area contributed by atoms with Crippen LogP contribution in [0.1, 0.15) is 115 Å². The molecule has 1 rings (SSSR count). The van der Waals surface area contributed by atoms with Gasteiger partial charge < -0.3 is 0 Å². The standard InChI is InChI=1S/C24H41N/c1-3-5-6-7-8-9-10-11-12-13-14-15-16-17-20-23(4-2)24-21-18-19-22-25-24/h4,18-19,21-23H,2-3,5-17,20H2,1H3. The Morgan fingerprint density at radius 2 is 1.32 bits per heavy atom. The summed E-state index contributed by atoms with van der Waals surface area (Å²) in [6.45, 7) is 6.27. The van der Waals surface area contributed by atoms with E-state index in [2.05, 4.69) is 36.7 Å². The summed E-state index contributed by atoms with van der Waals surface area (Å²) < 4.78 is 0. The molecule has 1 aromatic rings. The molecule has 1 unspecified atom stereocenters. The number of aromatic nitrogens is 1. The summed E-state index contributed by atoms with van der Waals surface area (Å²) in [5, 5.41) is 0. The number of allylic oxidation sites excluding steroid dienone is 1. The second-order valence-electron chi connectivity index (χ2n) is 7.48. The van der Waals surface area contributed by atoms with E-state index in [0.717, 1.165) is 0 Å². The molecule has 0 N–H and O–H groups in total. The molecule has 0 fully saturated rings. The van der Waals surface area contributed by atoms with Crippen LogP contribution in [-0.4, -0.2) is 4.98 Å². The monoisotopic (exact) mass is 343 g/mol. The molecule has 25 heavy (non-hydrogen) atoms. The van der Waals surface area contributed by atoms with Gasteiger partial charge in [-0.25, -0.2) is 0 Å². The summed E-state index contributed by atoms with van der Waals surface area (Å²) in [5.41, 5.74) is 1.17. The predicted molar refractivity (Wildman–Crippen MR) is 112 cm³/mol. The van der Waals surface area contributed by atoms with Crippen LogP contribution in [0.15, 0.2) is 37.1 Å². The van der Waals surface area contributed by atoms with Gasteiger partial charge in [-0.1, -0.05) is 109 Å². The van der Waals surface area contributed by atoms with Crippen LogP contribution in [-0.2, 0) is 0 Å². The summed E-state index contributed by atoms with van der Waals surface area (Å²) in [5.74, 6) is 0.429. The van der Waals surface area contributed by atoms with E-state index in [1.165, 1.54) is 102 Å². The molecular weight excluding hydrogens is 302 g/mol. The first-order valence-electron chi connectivity index (χ1n) is 10.9. The average Bonchev–Trinajstić information content (AvgIpc) is 2.66. The highest BCUT2D eigenvalue weighted by Crippen LogP contribution is 2.22. The SMILES string of the molecule is C=CC(CCCCCCCCCCCCCCCC)c1ccccn1. The lowest BCUT2D eigenvalue weighted by Crippen LogP contribution is -1.97. The van der Waals surface area contributed by atoms with E-state index < -0.39 is 0 Å². The van der Waals surface area contributed by atoms with Crippen LogP contribution in [0.5, 0.6) is 0 Å². The topological polar surface area (TPSA) is 12.9 Å². The zero-order valence-electron chi connectivity index (χ0n) is 16.7. The van der Waals surface area contributed by atoms with Crippen molar-refractivity contribution in [2.45, 2.75) is 109 Å². The van der Waals surface area contributed by atoms with Crippen LogP contribution in [0.4, 0.5) is 0 Å². The van der Waals surface area contributed by atoms with Gasteiger partial charge in [0.25, 0.3) is 0 Å². The fourth-order valence-corrected chi connectivity index (χ4v) is 3.54. The molecule has 0 spiro atoms. The van der Waals surface area contributed by atoms with E-state index in [-0.39, 0.29) is 0 Å². The highest BCUT2D eigenvalue weighted by Gasteiger charge is 2.07. The molecule has 0 aromatic carbocycles. The predicted octanol–water partition coefficient (Wildman–Crippen LogP) is 8.22. The van der Waals surface area contributed by atoms with Crippen LogP contribution in [0.2, 0.25) is 0 Å². The maximum atomic E-state index is 4.46. The van der Waals surface area contributed by atoms with Crippen molar-refractivity contribution < 1.29 is 0 Å².